The first-order valence-corrected chi connectivity index (χ1v) is 10.1. The van der Waals surface area contributed by atoms with Crippen molar-refractivity contribution in [3.63, 3.8) is 0 Å². The van der Waals surface area contributed by atoms with Crippen molar-refractivity contribution in [2.24, 2.45) is 0 Å². The van der Waals surface area contributed by atoms with Gasteiger partial charge in [0.1, 0.15) is 0 Å². The Hall–Kier alpha value is -0.760. The number of thioether (sulfide) groups is 1. The van der Waals surface area contributed by atoms with Gasteiger partial charge in [0.2, 0.25) is 11.8 Å². The summed E-state index contributed by atoms with van der Waals surface area (Å²) >= 11 is 9.12. The van der Waals surface area contributed by atoms with Crippen molar-refractivity contribution < 1.29 is 9.59 Å². The average Bonchev–Trinajstić information content (AvgIpc) is 3.13. The van der Waals surface area contributed by atoms with Crippen LogP contribution in [0, 0.1) is 0 Å². The Morgan fingerprint density at radius 3 is 2.70 bits per heavy atom. The molecule has 0 saturated carbocycles. The number of hydrogen-bond acceptors (Lipinski definition) is 5. The Balaban J connectivity index is 1.53. The highest BCUT2D eigenvalue weighted by Gasteiger charge is 2.29. The van der Waals surface area contributed by atoms with E-state index in [1.165, 1.54) is 11.3 Å². The van der Waals surface area contributed by atoms with Gasteiger partial charge in [-0.3, -0.25) is 14.9 Å². The third-order valence-electron chi connectivity index (χ3n) is 4.13. The van der Waals surface area contributed by atoms with Gasteiger partial charge in [0.05, 0.1) is 16.8 Å². The van der Waals surface area contributed by atoms with Gasteiger partial charge in [-0.15, -0.1) is 23.1 Å². The third kappa shape index (κ3) is 4.41. The lowest BCUT2D eigenvalue weighted by molar-refractivity contribution is -0.134. The summed E-state index contributed by atoms with van der Waals surface area (Å²) in [6.07, 6.45) is 1.23. The fraction of sp³-hybridized carbons (Fsp3) is 0.600. The summed E-state index contributed by atoms with van der Waals surface area (Å²) in [5.74, 6) is 1.98. The molecule has 2 aliphatic rings. The summed E-state index contributed by atoms with van der Waals surface area (Å²) in [4.78, 5) is 29.7. The highest BCUT2D eigenvalue weighted by atomic mass is 35.5. The number of rotatable bonds is 3. The van der Waals surface area contributed by atoms with Crippen molar-refractivity contribution in [2.75, 3.05) is 37.8 Å². The van der Waals surface area contributed by atoms with E-state index < -0.39 is 0 Å². The van der Waals surface area contributed by atoms with Crippen molar-refractivity contribution in [2.45, 2.75) is 18.9 Å². The van der Waals surface area contributed by atoms with E-state index >= 15 is 0 Å². The maximum Gasteiger partial charge on any atom is 0.240 e. The molecule has 1 N–H and O–H groups in total. The van der Waals surface area contributed by atoms with Crippen LogP contribution in [0.25, 0.3) is 0 Å². The predicted molar refractivity (Wildman–Crippen MR) is 95.1 cm³/mol. The van der Waals surface area contributed by atoms with Crippen LogP contribution in [0.3, 0.4) is 0 Å². The lowest BCUT2D eigenvalue weighted by Gasteiger charge is -2.24. The number of nitrogens with zero attached hydrogens (tertiary/aromatic N) is 2. The van der Waals surface area contributed by atoms with Crippen LogP contribution in [0.15, 0.2) is 12.1 Å². The van der Waals surface area contributed by atoms with E-state index in [2.05, 4.69) is 5.32 Å². The molecule has 3 heterocycles. The number of carbonyl (C=O) groups is 2. The number of carbonyl (C=O) groups excluding carboxylic acids is 2. The molecule has 1 aromatic heterocycles. The molecule has 1 atom stereocenters. The Bertz CT molecular complexity index is 575. The van der Waals surface area contributed by atoms with Gasteiger partial charge in [-0.25, -0.2) is 0 Å². The van der Waals surface area contributed by atoms with Crippen molar-refractivity contribution in [1.82, 2.24) is 15.1 Å². The number of thiophene rings is 1. The van der Waals surface area contributed by atoms with Gasteiger partial charge < -0.3 is 9.80 Å². The average molecular weight is 374 g/mol. The number of amides is 2. The lowest BCUT2D eigenvalue weighted by Crippen LogP contribution is -2.46. The van der Waals surface area contributed by atoms with E-state index in [1.807, 2.05) is 21.9 Å². The van der Waals surface area contributed by atoms with E-state index in [0.717, 1.165) is 29.5 Å². The van der Waals surface area contributed by atoms with Crippen LogP contribution in [-0.2, 0) is 16.0 Å². The van der Waals surface area contributed by atoms with Gasteiger partial charge in [0, 0.05) is 42.7 Å². The second-order valence-corrected chi connectivity index (χ2v) is 8.54. The zero-order valence-electron chi connectivity index (χ0n) is 12.8. The highest BCUT2D eigenvalue weighted by Crippen LogP contribution is 2.22. The van der Waals surface area contributed by atoms with Crippen molar-refractivity contribution in [3.05, 3.63) is 21.3 Å². The highest BCUT2D eigenvalue weighted by molar-refractivity contribution is 7.99. The summed E-state index contributed by atoms with van der Waals surface area (Å²) in [5.41, 5.74) is 0. The molecule has 2 saturated heterocycles. The van der Waals surface area contributed by atoms with Gasteiger partial charge in [-0.1, -0.05) is 11.6 Å². The van der Waals surface area contributed by atoms with E-state index in [9.17, 15) is 9.59 Å². The van der Waals surface area contributed by atoms with Crippen molar-refractivity contribution in [3.8, 4) is 0 Å². The largest absolute Gasteiger partial charge is 0.341 e. The molecule has 0 bridgehead atoms. The van der Waals surface area contributed by atoms with Gasteiger partial charge in [0.15, 0.2) is 0 Å². The Morgan fingerprint density at radius 1 is 1.22 bits per heavy atom. The fourth-order valence-electron chi connectivity index (χ4n) is 2.87. The van der Waals surface area contributed by atoms with Crippen LogP contribution < -0.4 is 5.32 Å². The second-order valence-electron chi connectivity index (χ2n) is 5.71. The fourth-order valence-corrected chi connectivity index (χ4v) is 4.88. The molecule has 3 rings (SSSR count). The number of nitrogens with one attached hydrogen (secondary N) is 1. The minimum atomic E-state index is -0.0597. The Morgan fingerprint density at radius 2 is 2.00 bits per heavy atom. The number of halogens is 1. The molecule has 2 aliphatic heterocycles. The minimum Gasteiger partial charge on any atom is -0.341 e. The van der Waals surface area contributed by atoms with Crippen LogP contribution in [0.1, 0.15) is 11.3 Å². The lowest BCUT2D eigenvalue weighted by atomic mass is 10.2. The Labute approximate surface area is 149 Å². The third-order valence-corrected chi connectivity index (χ3v) is 6.30. The smallest absolute Gasteiger partial charge is 0.240 e. The molecule has 2 amide bonds. The molecule has 1 unspecified atom stereocenters. The van der Waals surface area contributed by atoms with E-state index in [4.69, 9.17) is 11.6 Å². The molecule has 0 aromatic carbocycles. The molecule has 0 aliphatic carbocycles. The maximum absolute atomic E-state index is 12.5. The SMILES string of the molecule is O=C(Cc1ccc(Cl)s1)N1CCCN(C(=O)C2CSCN2)CC1. The summed E-state index contributed by atoms with van der Waals surface area (Å²) in [5, 5.41) is 3.22. The topological polar surface area (TPSA) is 52.7 Å². The first kappa shape index (κ1) is 17.1. The summed E-state index contributed by atoms with van der Waals surface area (Å²) in [6, 6.07) is 3.67. The van der Waals surface area contributed by atoms with Gasteiger partial charge in [0.25, 0.3) is 0 Å². The molecule has 1 aromatic rings. The first-order chi connectivity index (χ1) is 11.1. The van der Waals surface area contributed by atoms with Gasteiger partial charge in [-0.2, -0.15) is 0 Å². The van der Waals surface area contributed by atoms with Crippen molar-refractivity contribution >= 4 is 46.5 Å². The van der Waals surface area contributed by atoms with Gasteiger partial charge in [-0.05, 0) is 18.6 Å². The zero-order valence-corrected chi connectivity index (χ0v) is 15.2. The maximum atomic E-state index is 12.5. The van der Waals surface area contributed by atoms with Crippen LogP contribution in [0.2, 0.25) is 4.34 Å². The van der Waals surface area contributed by atoms with Crippen LogP contribution in [0.4, 0.5) is 0 Å². The second kappa shape index (κ2) is 7.88. The van der Waals surface area contributed by atoms with Crippen LogP contribution in [-0.4, -0.2) is 65.5 Å². The molecular weight excluding hydrogens is 354 g/mol. The molecule has 0 radical (unpaired) electrons. The molecule has 0 spiro atoms. The van der Waals surface area contributed by atoms with Gasteiger partial charge >= 0.3 is 0 Å². The summed E-state index contributed by atoms with van der Waals surface area (Å²) < 4.78 is 0.711. The minimum absolute atomic E-state index is 0.0597. The Kier molecular flexibility index (Phi) is 5.85. The molecule has 23 heavy (non-hydrogen) atoms. The molecular formula is C15H20ClN3O2S2. The normalized spacial score (nSPS) is 22.2. The van der Waals surface area contributed by atoms with E-state index in [-0.39, 0.29) is 17.9 Å². The molecule has 5 nitrogen and oxygen atoms in total. The van der Waals surface area contributed by atoms with Crippen LogP contribution in [0.5, 0.6) is 0 Å². The van der Waals surface area contributed by atoms with E-state index in [0.29, 0.717) is 30.4 Å². The standard InChI is InChI=1S/C15H20ClN3O2S2/c16-13-3-2-11(23-13)8-14(20)18-4-1-5-19(7-6-18)15(21)12-9-22-10-17-12/h2-3,12,17H,1,4-10H2. The monoisotopic (exact) mass is 373 g/mol. The summed E-state index contributed by atoms with van der Waals surface area (Å²) in [7, 11) is 0. The molecule has 8 heteroatoms. The number of hydrogen-bond donors (Lipinski definition) is 1. The summed E-state index contributed by atoms with van der Waals surface area (Å²) in [6.45, 7) is 2.69. The van der Waals surface area contributed by atoms with Crippen LogP contribution >= 0.6 is 34.7 Å². The predicted octanol–water partition coefficient (Wildman–Crippen LogP) is 1.67. The first-order valence-electron chi connectivity index (χ1n) is 7.75. The quantitative estimate of drug-likeness (QED) is 0.875. The molecule has 126 valence electrons. The van der Waals surface area contributed by atoms with Crippen molar-refractivity contribution in [1.29, 1.82) is 0 Å². The van der Waals surface area contributed by atoms with E-state index in [1.54, 1.807) is 11.8 Å². The zero-order chi connectivity index (χ0) is 16.2. The molecule has 2 fully saturated rings.